The van der Waals surface area contributed by atoms with E-state index in [1.54, 1.807) is 19.2 Å². The molecule has 0 fully saturated rings. The first kappa shape index (κ1) is 19.2. The number of amides is 1. The number of methoxy groups -OCH3 is 1. The van der Waals surface area contributed by atoms with E-state index in [9.17, 15) is 4.79 Å². The average Bonchev–Trinajstić information content (AvgIpc) is 3.29. The van der Waals surface area contributed by atoms with Crippen molar-refractivity contribution in [1.82, 2.24) is 15.4 Å². The summed E-state index contributed by atoms with van der Waals surface area (Å²) in [6, 6.07) is 23.5. The molecular weight excluding hydrogens is 380 g/mol. The van der Waals surface area contributed by atoms with Crippen LogP contribution in [-0.2, 0) is 6.61 Å². The van der Waals surface area contributed by atoms with E-state index in [1.165, 1.54) is 0 Å². The zero-order valence-corrected chi connectivity index (χ0v) is 16.3. The van der Waals surface area contributed by atoms with Crippen LogP contribution < -0.4 is 15.2 Å². The Labute approximate surface area is 173 Å². The van der Waals surface area contributed by atoms with E-state index in [-0.39, 0.29) is 12.3 Å². The molecule has 150 valence electrons. The topological polar surface area (TPSA) is 103 Å². The summed E-state index contributed by atoms with van der Waals surface area (Å²) in [5, 5.41) is 10.3. The quantitative estimate of drug-likeness (QED) is 0.491. The Kier molecular flexibility index (Phi) is 5.43. The van der Waals surface area contributed by atoms with Gasteiger partial charge in [0.05, 0.1) is 7.11 Å². The summed E-state index contributed by atoms with van der Waals surface area (Å²) < 4.78 is 11.4. The van der Waals surface area contributed by atoms with Gasteiger partial charge in [0.25, 0.3) is 5.91 Å². The Morgan fingerprint density at radius 3 is 2.33 bits per heavy atom. The number of benzene rings is 3. The van der Waals surface area contributed by atoms with Crippen molar-refractivity contribution in [1.29, 1.82) is 0 Å². The van der Waals surface area contributed by atoms with Gasteiger partial charge in [-0.15, -0.1) is 0 Å². The second-order valence-electron chi connectivity index (χ2n) is 6.59. The van der Waals surface area contributed by atoms with Gasteiger partial charge in [-0.25, -0.2) is 0 Å². The van der Waals surface area contributed by atoms with E-state index in [4.69, 9.17) is 15.2 Å². The van der Waals surface area contributed by atoms with Crippen molar-refractivity contribution in [2.75, 3.05) is 7.11 Å². The average molecular weight is 400 g/mol. The van der Waals surface area contributed by atoms with E-state index in [1.807, 2.05) is 48.5 Å². The zero-order valence-electron chi connectivity index (χ0n) is 16.3. The van der Waals surface area contributed by atoms with Gasteiger partial charge in [-0.1, -0.05) is 42.5 Å². The van der Waals surface area contributed by atoms with Crippen molar-refractivity contribution in [3.63, 3.8) is 0 Å². The van der Waals surface area contributed by atoms with Crippen LogP contribution in [0.1, 0.15) is 16.1 Å². The number of nitrogens with zero attached hydrogens (tertiary/aromatic N) is 2. The molecule has 0 saturated heterocycles. The number of hydrogen-bond acceptors (Lipinski definition) is 5. The third-order valence-electron chi connectivity index (χ3n) is 4.69. The summed E-state index contributed by atoms with van der Waals surface area (Å²) in [7, 11) is 1.60. The Bertz CT molecular complexity index is 1150. The molecule has 1 aromatic heterocycles. The zero-order chi connectivity index (χ0) is 20.9. The fraction of sp³-hybridized carbons (Fsp3) is 0.0870. The van der Waals surface area contributed by atoms with E-state index < -0.39 is 5.91 Å². The SMILES string of the molecule is COc1ccc(-c2n[nH]nc2C(N)=O)cc1COc1ccc(-c2ccccc2)cc1. The van der Waals surface area contributed by atoms with Gasteiger partial charge in [0.15, 0.2) is 5.69 Å². The minimum Gasteiger partial charge on any atom is -0.496 e. The molecule has 3 aromatic carbocycles. The monoisotopic (exact) mass is 400 g/mol. The minimum atomic E-state index is -0.647. The third kappa shape index (κ3) is 4.00. The number of rotatable bonds is 7. The molecule has 30 heavy (non-hydrogen) atoms. The number of primary amides is 1. The summed E-state index contributed by atoms with van der Waals surface area (Å²) in [5.74, 6) is 0.760. The van der Waals surface area contributed by atoms with Crippen LogP contribution in [0.15, 0.2) is 72.8 Å². The second-order valence-corrected chi connectivity index (χ2v) is 6.59. The molecule has 0 aliphatic rings. The van der Waals surface area contributed by atoms with Crippen molar-refractivity contribution in [3.8, 4) is 33.9 Å². The van der Waals surface area contributed by atoms with Gasteiger partial charge in [0.1, 0.15) is 23.8 Å². The molecule has 7 heteroatoms. The minimum absolute atomic E-state index is 0.0866. The van der Waals surface area contributed by atoms with Crippen LogP contribution in [0, 0.1) is 0 Å². The number of nitrogens with two attached hydrogens (primary N) is 1. The molecule has 0 spiro atoms. The van der Waals surface area contributed by atoms with Crippen LogP contribution in [0.3, 0.4) is 0 Å². The summed E-state index contributed by atoms with van der Waals surface area (Å²) >= 11 is 0. The summed E-state index contributed by atoms with van der Waals surface area (Å²) in [4.78, 5) is 11.6. The summed E-state index contributed by atoms with van der Waals surface area (Å²) in [6.45, 7) is 0.283. The van der Waals surface area contributed by atoms with Crippen molar-refractivity contribution in [2.45, 2.75) is 6.61 Å². The Balaban J connectivity index is 1.54. The molecule has 0 atom stereocenters. The fourth-order valence-electron chi connectivity index (χ4n) is 3.18. The molecule has 0 aliphatic carbocycles. The highest BCUT2D eigenvalue weighted by molar-refractivity contribution is 5.96. The first-order chi connectivity index (χ1) is 14.7. The standard InChI is InChI=1S/C23H20N4O3/c1-29-20-12-9-17(21-22(23(24)28)26-27-25-21)13-18(20)14-30-19-10-7-16(8-11-19)15-5-3-2-4-6-15/h2-13H,14H2,1H3,(H2,24,28)(H,25,26,27). The number of carbonyl (C=O) groups is 1. The van der Waals surface area contributed by atoms with Gasteiger partial charge < -0.3 is 15.2 Å². The van der Waals surface area contributed by atoms with Gasteiger partial charge >= 0.3 is 0 Å². The summed E-state index contributed by atoms with van der Waals surface area (Å²) in [6.07, 6.45) is 0. The smallest absolute Gasteiger partial charge is 0.271 e. The Morgan fingerprint density at radius 1 is 0.933 bits per heavy atom. The van der Waals surface area contributed by atoms with E-state index in [2.05, 4.69) is 27.5 Å². The predicted molar refractivity (Wildman–Crippen MR) is 113 cm³/mol. The lowest BCUT2D eigenvalue weighted by Gasteiger charge is -2.12. The first-order valence-electron chi connectivity index (χ1n) is 9.32. The van der Waals surface area contributed by atoms with Gasteiger partial charge in [0.2, 0.25) is 0 Å². The number of hydrogen-bond donors (Lipinski definition) is 2. The van der Waals surface area contributed by atoms with Crippen molar-refractivity contribution in [2.24, 2.45) is 5.73 Å². The van der Waals surface area contributed by atoms with Crippen LogP contribution >= 0.6 is 0 Å². The molecule has 0 unspecified atom stereocenters. The third-order valence-corrected chi connectivity index (χ3v) is 4.69. The van der Waals surface area contributed by atoms with E-state index >= 15 is 0 Å². The van der Waals surface area contributed by atoms with E-state index in [0.29, 0.717) is 17.0 Å². The second kappa shape index (κ2) is 8.48. The highest BCUT2D eigenvalue weighted by Crippen LogP contribution is 2.28. The lowest BCUT2D eigenvalue weighted by Crippen LogP contribution is -2.12. The highest BCUT2D eigenvalue weighted by Gasteiger charge is 2.17. The van der Waals surface area contributed by atoms with E-state index in [0.717, 1.165) is 22.4 Å². The van der Waals surface area contributed by atoms with Gasteiger partial charge in [0, 0.05) is 11.1 Å². The molecule has 0 aliphatic heterocycles. The number of aromatic amines is 1. The van der Waals surface area contributed by atoms with Gasteiger partial charge in [-0.05, 0) is 41.5 Å². The normalized spacial score (nSPS) is 10.6. The van der Waals surface area contributed by atoms with Crippen LogP contribution in [0.4, 0.5) is 0 Å². The van der Waals surface area contributed by atoms with Crippen LogP contribution in [0.5, 0.6) is 11.5 Å². The maximum Gasteiger partial charge on any atom is 0.271 e. The molecule has 4 aromatic rings. The van der Waals surface area contributed by atoms with Crippen LogP contribution in [-0.4, -0.2) is 28.4 Å². The molecule has 3 N–H and O–H groups in total. The predicted octanol–water partition coefficient (Wildman–Crippen LogP) is 3.83. The van der Waals surface area contributed by atoms with Crippen molar-refractivity contribution < 1.29 is 14.3 Å². The van der Waals surface area contributed by atoms with Gasteiger partial charge in [-0.3, -0.25) is 4.79 Å². The number of ether oxygens (including phenoxy) is 2. The molecule has 4 rings (SSSR count). The number of aromatic nitrogens is 3. The fourth-order valence-corrected chi connectivity index (χ4v) is 3.18. The van der Waals surface area contributed by atoms with Crippen molar-refractivity contribution >= 4 is 5.91 Å². The molecular formula is C23H20N4O3. The Morgan fingerprint density at radius 2 is 1.63 bits per heavy atom. The number of H-pyrrole nitrogens is 1. The van der Waals surface area contributed by atoms with Crippen LogP contribution in [0.25, 0.3) is 22.4 Å². The molecule has 0 saturated carbocycles. The molecule has 0 radical (unpaired) electrons. The molecule has 1 amide bonds. The lowest BCUT2D eigenvalue weighted by atomic mass is 10.1. The van der Waals surface area contributed by atoms with Gasteiger partial charge in [-0.2, -0.15) is 15.4 Å². The lowest BCUT2D eigenvalue weighted by molar-refractivity contribution is 0.0996. The first-order valence-corrected chi connectivity index (χ1v) is 9.32. The van der Waals surface area contributed by atoms with Crippen molar-refractivity contribution in [3.05, 3.63) is 84.1 Å². The summed E-state index contributed by atoms with van der Waals surface area (Å²) in [5.41, 5.74) is 9.61. The van der Waals surface area contributed by atoms with Crippen LogP contribution in [0.2, 0.25) is 0 Å². The maximum atomic E-state index is 11.6. The Hall–Kier alpha value is -4.13. The largest absolute Gasteiger partial charge is 0.496 e. The molecule has 7 nitrogen and oxygen atoms in total. The number of nitrogens with one attached hydrogen (secondary N) is 1. The maximum absolute atomic E-state index is 11.6. The highest BCUT2D eigenvalue weighted by atomic mass is 16.5. The number of carbonyl (C=O) groups excluding carboxylic acids is 1. The molecule has 1 heterocycles. The molecule has 0 bridgehead atoms.